The van der Waals surface area contributed by atoms with Gasteiger partial charge in [0.2, 0.25) is 0 Å². The van der Waals surface area contributed by atoms with Crippen LogP contribution in [0.25, 0.3) is 0 Å². The van der Waals surface area contributed by atoms with E-state index in [0.29, 0.717) is 6.61 Å². The van der Waals surface area contributed by atoms with Gasteiger partial charge in [0.15, 0.2) is 5.78 Å². The lowest BCUT2D eigenvalue weighted by molar-refractivity contribution is -0.317. The molecule has 3 fully saturated rings. The standard InChI is InChI=1S/C27H32O6/c1-13-16(15-7-9-31-11-15)10-17-19(13)27(5)21(14(2)24(29)30)26(4)18(28)6-8-25(3)12-32-20(22(25)26)23(27)33-17/h6-9,11,14,16-17,20-23H,10,12H2,1-5H3,(H,29,30)/p-1/t14?,16?,17-,20-,21-,22+,23-,25+,26-,27+/m1/s1. The molecule has 6 nitrogen and oxygen atoms in total. The molecule has 2 saturated heterocycles. The quantitative estimate of drug-likeness (QED) is 0.657. The predicted octanol–water partition coefficient (Wildman–Crippen LogP) is 3.04. The number of hydrogen-bond acceptors (Lipinski definition) is 6. The Kier molecular flexibility index (Phi) is 4.19. The Bertz CT molecular complexity index is 1100. The number of fused-ring (bicyclic) bond motifs is 4. The molecule has 0 amide bonds. The molecule has 1 saturated carbocycles. The fraction of sp³-hybridized carbons (Fsp3) is 0.630. The summed E-state index contributed by atoms with van der Waals surface area (Å²) in [6.45, 7) is 10.5. The minimum absolute atomic E-state index is 0.00988. The summed E-state index contributed by atoms with van der Waals surface area (Å²) < 4.78 is 18.6. The lowest BCUT2D eigenvalue weighted by Gasteiger charge is -2.62. The average Bonchev–Trinajstić information content (AvgIpc) is 3.50. The molecule has 0 spiro atoms. The van der Waals surface area contributed by atoms with Gasteiger partial charge in [0.05, 0.1) is 37.4 Å². The van der Waals surface area contributed by atoms with Gasteiger partial charge in [0.1, 0.15) is 0 Å². The number of ether oxygens (including phenoxy) is 2. The van der Waals surface area contributed by atoms with Crippen molar-refractivity contribution in [1.82, 2.24) is 0 Å². The normalized spacial score (nSPS) is 48.6. The smallest absolute Gasteiger partial charge is 0.161 e. The van der Waals surface area contributed by atoms with E-state index in [0.717, 1.165) is 17.6 Å². The maximum absolute atomic E-state index is 13.7. The Morgan fingerprint density at radius 2 is 2.00 bits per heavy atom. The van der Waals surface area contributed by atoms with Gasteiger partial charge in [-0.2, -0.15) is 0 Å². The monoisotopic (exact) mass is 451 g/mol. The highest BCUT2D eigenvalue weighted by atomic mass is 16.6. The molecule has 5 aliphatic rings. The van der Waals surface area contributed by atoms with Gasteiger partial charge in [-0.05, 0) is 42.5 Å². The van der Waals surface area contributed by atoms with Crippen molar-refractivity contribution in [2.75, 3.05) is 6.61 Å². The first kappa shape index (κ1) is 21.4. The zero-order valence-corrected chi connectivity index (χ0v) is 19.8. The number of hydrogen-bond donors (Lipinski definition) is 0. The van der Waals surface area contributed by atoms with Gasteiger partial charge in [-0.25, -0.2) is 0 Å². The highest BCUT2D eigenvalue weighted by Gasteiger charge is 2.76. The number of carbonyl (C=O) groups is 2. The third-order valence-corrected chi connectivity index (χ3v) is 10.0. The molecule has 2 aliphatic heterocycles. The molecule has 176 valence electrons. The van der Waals surface area contributed by atoms with Gasteiger partial charge in [-0.15, -0.1) is 0 Å². The number of rotatable bonds is 3. The summed E-state index contributed by atoms with van der Waals surface area (Å²) in [6, 6.07) is 1.98. The van der Waals surface area contributed by atoms with Gasteiger partial charge >= 0.3 is 0 Å². The van der Waals surface area contributed by atoms with E-state index in [4.69, 9.17) is 13.9 Å². The third kappa shape index (κ3) is 2.36. The van der Waals surface area contributed by atoms with Gasteiger partial charge in [0, 0.05) is 40.0 Å². The van der Waals surface area contributed by atoms with Crippen LogP contribution in [0, 0.1) is 34.0 Å². The second-order valence-corrected chi connectivity index (χ2v) is 11.6. The SMILES string of the molecule is CC1=C2[C@@H](CC1c1ccoc1)O[C@@H]1[C@@H]3OC[C@]4(C)C=CC(=O)[C@](C)([C@@H](C(C)C(=O)[O-])[C@]21C)[C@@H]34. The Morgan fingerprint density at radius 1 is 1.24 bits per heavy atom. The third-order valence-electron chi connectivity index (χ3n) is 10.0. The first-order valence-corrected chi connectivity index (χ1v) is 12.0. The highest BCUT2D eigenvalue weighted by Crippen LogP contribution is 2.72. The van der Waals surface area contributed by atoms with Crippen LogP contribution in [0.2, 0.25) is 0 Å². The predicted molar refractivity (Wildman–Crippen MR) is 117 cm³/mol. The molecule has 0 radical (unpaired) electrons. The van der Waals surface area contributed by atoms with Crippen molar-refractivity contribution in [3.8, 4) is 0 Å². The molecule has 1 aromatic heterocycles. The number of carbonyl (C=O) groups excluding carboxylic acids is 2. The molecule has 33 heavy (non-hydrogen) atoms. The fourth-order valence-corrected chi connectivity index (χ4v) is 8.96. The number of furan rings is 1. The van der Waals surface area contributed by atoms with E-state index in [1.54, 1.807) is 25.5 Å². The minimum atomic E-state index is -1.12. The second kappa shape index (κ2) is 6.48. The maximum Gasteiger partial charge on any atom is 0.161 e. The van der Waals surface area contributed by atoms with E-state index < -0.39 is 28.6 Å². The van der Waals surface area contributed by atoms with Crippen LogP contribution in [0.3, 0.4) is 0 Å². The Balaban J connectivity index is 1.59. The number of aliphatic carboxylic acids is 1. The van der Waals surface area contributed by atoms with E-state index in [9.17, 15) is 14.7 Å². The molecule has 3 aliphatic carbocycles. The summed E-state index contributed by atoms with van der Waals surface area (Å²) in [4.78, 5) is 26.1. The average molecular weight is 452 g/mol. The molecule has 0 bridgehead atoms. The number of allylic oxidation sites excluding steroid dienone is 2. The van der Waals surface area contributed by atoms with Crippen molar-refractivity contribution in [2.45, 2.75) is 65.3 Å². The second-order valence-electron chi connectivity index (χ2n) is 11.6. The van der Waals surface area contributed by atoms with Crippen molar-refractivity contribution in [1.29, 1.82) is 0 Å². The van der Waals surface area contributed by atoms with E-state index in [1.165, 1.54) is 5.57 Å². The van der Waals surface area contributed by atoms with Crippen LogP contribution in [-0.4, -0.2) is 36.7 Å². The van der Waals surface area contributed by atoms with Crippen LogP contribution in [0.1, 0.15) is 52.5 Å². The van der Waals surface area contributed by atoms with Crippen molar-refractivity contribution >= 4 is 11.8 Å². The van der Waals surface area contributed by atoms with Crippen LogP contribution in [-0.2, 0) is 19.1 Å². The van der Waals surface area contributed by atoms with Gasteiger partial charge in [-0.3, -0.25) is 4.79 Å². The van der Waals surface area contributed by atoms with E-state index in [1.807, 2.05) is 19.1 Å². The molecular weight excluding hydrogens is 420 g/mol. The number of ketones is 1. The van der Waals surface area contributed by atoms with Crippen LogP contribution < -0.4 is 5.11 Å². The van der Waals surface area contributed by atoms with Crippen molar-refractivity contribution in [3.63, 3.8) is 0 Å². The van der Waals surface area contributed by atoms with Gasteiger partial charge in [0.25, 0.3) is 0 Å². The van der Waals surface area contributed by atoms with E-state index >= 15 is 0 Å². The first-order valence-electron chi connectivity index (χ1n) is 12.0. The zero-order chi connectivity index (χ0) is 23.5. The first-order chi connectivity index (χ1) is 15.5. The molecule has 2 unspecified atom stereocenters. The molecule has 0 aromatic carbocycles. The van der Waals surface area contributed by atoms with E-state index in [-0.39, 0.29) is 41.3 Å². The molecule has 3 heterocycles. The molecular formula is C27H31O6-. The molecule has 6 rings (SSSR count). The largest absolute Gasteiger partial charge is 0.550 e. The van der Waals surface area contributed by atoms with Crippen molar-refractivity contribution < 1.29 is 28.6 Å². The highest BCUT2D eigenvalue weighted by molar-refractivity contribution is 5.97. The molecule has 0 N–H and O–H groups in total. The lowest BCUT2D eigenvalue weighted by atomic mass is 9.40. The minimum Gasteiger partial charge on any atom is -0.550 e. The summed E-state index contributed by atoms with van der Waals surface area (Å²) in [6.07, 6.45) is 7.19. The zero-order valence-electron chi connectivity index (χ0n) is 19.8. The van der Waals surface area contributed by atoms with Crippen LogP contribution in [0.4, 0.5) is 0 Å². The van der Waals surface area contributed by atoms with Gasteiger partial charge < -0.3 is 23.8 Å². The summed E-state index contributed by atoms with van der Waals surface area (Å²) in [7, 11) is 0. The topological polar surface area (TPSA) is 88.8 Å². The fourth-order valence-electron chi connectivity index (χ4n) is 8.96. The summed E-state index contributed by atoms with van der Waals surface area (Å²) >= 11 is 0. The van der Waals surface area contributed by atoms with Crippen LogP contribution in [0.15, 0.2) is 46.3 Å². The summed E-state index contributed by atoms with van der Waals surface area (Å²) in [5.41, 5.74) is 1.56. The molecule has 1 aromatic rings. The van der Waals surface area contributed by atoms with Crippen molar-refractivity contribution in [2.24, 2.45) is 34.0 Å². The Labute approximate surface area is 194 Å². The molecule has 6 heteroatoms. The summed E-state index contributed by atoms with van der Waals surface area (Å²) in [5.74, 6) is -2.41. The van der Waals surface area contributed by atoms with Crippen LogP contribution in [0.5, 0.6) is 0 Å². The Hall–Kier alpha value is -2.18. The number of carboxylic acids is 1. The molecule has 10 atom stereocenters. The van der Waals surface area contributed by atoms with Crippen molar-refractivity contribution in [3.05, 3.63) is 47.5 Å². The lowest BCUT2D eigenvalue weighted by Crippen LogP contribution is -2.68. The van der Waals surface area contributed by atoms with Gasteiger partial charge in [-0.1, -0.05) is 39.3 Å². The van der Waals surface area contributed by atoms with Crippen LogP contribution >= 0.6 is 0 Å². The number of carboxylic acid groups (broad SMARTS) is 1. The Morgan fingerprint density at radius 3 is 2.67 bits per heavy atom. The van der Waals surface area contributed by atoms with E-state index in [2.05, 4.69) is 20.8 Å². The maximum atomic E-state index is 13.7. The summed E-state index contributed by atoms with van der Waals surface area (Å²) in [5, 5.41) is 12.4.